The third-order valence-electron chi connectivity index (χ3n) is 5.36. The normalized spacial score (nSPS) is 10.9. The fraction of sp³-hybridized carbons (Fsp3) is 0.222. The zero-order valence-electron chi connectivity index (χ0n) is 19.1. The molecular formula is C27H26O6. The summed E-state index contributed by atoms with van der Waals surface area (Å²) in [6.07, 6.45) is 0.708. The quantitative estimate of drug-likeness (QED) is 0.282. The molecule has 0 saturated carbocycles. The molecule has 0 aromatic heterocycles. The van der Waals surface area contributed by atoms with E-state index >= 15 is 0 Å². The first-order chi connectivity index (χ1) is 15.7. The lowest BCUT2D eigenvalue weighted by atomic mass is 9.67. The summed E-state index contributed by atoms with van der Waals surface area (Å²) in [6, 6.07) is 22.2. The molecule has 0 N–H and O–H groups in total. The van der Waals surface area contributed by atoms with Crippen molar-refractivity contribution in [2.75, 3.05) is 0 Å². The molecule has 0 aliphatic carbocycles. The number of carbonyl (C=O) groups is 3. The summed E-state index contributed by atoms with van der Waals surface area (Å²) in [5.74, 6) is 0.245. The molecule has 0 fully saturated rings. The average molecular weight is 446 g/mol. The second kappa shape index (κ2) is 10.1. The lowest BCUT2D eigenvalue weighted by molar-refractivity contribution is -0.132. The van der Waals surface area contributed by atoms with Crippen LogP contribution in [0.3, 0.4) is 0 Å². The summed E-state index contributed by atoms with van der Waals surface area (Å²) in [4.78, 5) is 34.0. The van der Waals surface area contributed by atoms with Crippen LogP contribution in [-0.4, -0.2) is 17.9 Å². The van der Waals surface area contributed by atoms with Gasteiger partial charge in [0.15, 0.2) is 0 Å². The van der Waals surface area contributed by atoms with Crippen LogP contribution in [0.5, 0.6) is 17.2 Å². The first kappa shape index (κ1) is 23.7. The van der Waals surface area contributed by atoms with Crippen molar-refractivity contribution in [1.29, 1.82) is 0 Å². The molecule has 0 saturated heterocycles. The van der Waals surface area contributed by atoms with E-state index in [-0.39, 0.29) is 17.9 Å². The molecule has 0 radical (unpaired) electrons. The Morgan fingerprint density at radius 3 is 0.970 bits per heavy atom. The predicted molar refractivity (Wildman–Crippen MR) is 123 cm³/mol. The lowest BCUT2D eigenvalue weighted by Crippen LogP contribution is -2.28. The Balaban J connectivity index is 2.12. The highest BCUT2D eigenvalue weighted by Crippen LogP contribution is 2.43. The number of hydrogen-bond donors (Lipinski definition) is 0. The second-order valence-electron chi connectivity index (χ2n) is 7.61. The van der Waals surface area contributed by atoms with Gasteiger partial charge in [-0.2, -0.15) is 0 Å². The van der Waals surface area contributed by atoms with Gasteiger partial charge in [0.1, 0.15) is 17.2 Å². The molecule has 170 valence electrons. The van der Waals surface area contributed by atoms with E-state index < -0.39 is 5.41 Å². The van der Waals surface area contributed by atoms with E-state index in [0.717, 1.165) is 16.7 Å². The maximum absolute atomic E-state index is 11.3. The van der Waals surface area contributed by atoms with Gasteiger partial charge < -0.3 is 14.2 Å². The van der Waals surface area contributed by atoms with Gasteiger partial charge in [-0.25, -0.2) is 0 Å². The van der Waals surface area contributed by atoms with Crippen LogP contribution in [0, 0.1) is 0 Å². The average Bonchev–Trinajstić information content (AvgIpc) is 2.76. The summed E-state index contributed by atoms with van der Waals surface area (Å²) >= 11 is 0. The monoisotopic (exact) mass is 446 g/mol. The van der Waals surface area contributed by atoms with Gasteiger partial charge in [-0.1, -0.05) is 43.3 Å². The van der Waals surface area contributed by atoms with Crippen molar-refractivity contribution in [2.45, 2.75) is 39.5 Å². The SMILES string of the molecule is CCC(c1ccc(OC(C)=O)cc1)(c1ccc(OC(C)=O)cc1)c1ccc(OC(C)=O)cc1. The molecule has 3 rings (SSSR count). The minimum absolute atomic E-state index is 0.383. The Kier molecular flexibility index (Phi) is 7.28. The van der Waals surface area contributed by atoms with Crippen molar-refractivity contribution in [3.8, 4) is 17.2 Å². The van der Waals surface area contributed by atoms with Gasteiger partial charge in [0.25, 0.3) is 0 Å². The van der Waals surface area contributed by atoms with Gasteiger partial charge >= 0.3 is 17.9 Å². The number of esters is 3. The van der Waals surface area contributed by atoms with E-state index in [4.69, 9.17) is 14.2 Å². The van der Waals surface area contributed by atoms with E-state index in [1.54, 1.807) is 36.4 Å². The van der Waals surface area contributed by atoms with Gasteiger partial charge in [-0.05, 0) is 59.5 Å². The molecule has 0 spiro atoms. The van der Waals surface area contributed by atoms with Crippen LogP contribution in [0.2, 0.25) is 0 Å². The van der Waals surface area contributed by atoms with Gasteiger partial charge in [-0.15, -0.1) is 0 Å². The standard InChI is InChI=1S/C27H26O6/c1-5-27(21-6-12-24(13-7-21)31-18(2)28,22-8-14-25(15-9-22)32-19(3)29)23-10-16-26(17-11-23)33-20(4)30/h6-17H,5H2,1-4H3. The first-order valence-electron chi connectivity index (χ1n) is 10.6. The molecular weight excluding hydrogens is 420 g/mol. The summed E-state index contributed by atoms with van der Waals surface area (Å²) in [6.45, 7) is 6.17. The number of hydrogen-bond acceptors (Lipinski definition) is 6. The van der Waals surface area contributed by atoms with Crippen molar-refractivity contribution < 1.29 is 28.6 Å². The van der Waals surface area contributed by atoms with E-state index in [9.17, 15) is 14.4 Å². The van der Waals surface area contributed by atoms with Crippen LogP contribution in [0.25, 0.3) is 0 Å². The highest BCUT2D eigenvalue weighted by atomic mass is 16.5. The molecule has 3 aromatic rings. The zero-order valence-corrected chi connectivity index (χ0v) is 19.1. The van der Waals surface area contributed by atoms with Crippen LogP contribution < -0.4 is 14.2 Å². The van der Waals surface area contributed by atoms with Crippen LogP contribution in [0.4, 0.5) is 0 Å². The van der Waals surface area contributed by atoms with Crippen LogP contribution >= 0.6 is 0 Å². The molecule has 0 amide bonds. The molecule has 6 nitrogen and oxygen atoms in total. The van der Waals surface area contributed by atoms with Crippen molar-refractivity contribution in [3.63, 3.8) is 0 Å². The minimum atomic E-state index is -0.557. The van der Waals surface area contributed by atoms with Crippen molar-refractivity contribution in [1.82, 2.24) is 0 Å². The Labute approximate surface area is 193 Å². The van der Waals surface area contributed by atoms with Crippen LogP contribution in [0.1, 0.15) is 50.8 Å². The molecule has 3 aromatic carbocycles. The topological polar surface area (TPSA) is 78.9 Å². The van der Waals surface area contributed by atoms with Gasteiger partial charge in [0.05, 0.1) is 0 Å². The number of benzene rings is 3. The summed E-state index contributed by atoms with van der Waals surface area (Å²) < 4.78 is 15.6. The largest absolute Gasteiger partial charge is 0.427 e. The van der Waals surface area contributed by atoms with Crippen molar-refractivity contribution >= 4 is 17.9 Å². The molecule has 6 heteroatoms. The summed E-state index contributed by atoms with van der Waals surface area (Å²) in [5.41, 5.74) is 2.40. The Morgan fingerprint density at radius 2 is 0.788 bits per heavy atom. The Hall–Kier alpha value is -3.93. The Morgan fingerprint density at radius 1 is 0.545 bits per heavy atom. The molecule has 0 heterocycles. The van der Waals surface area contributed by atoms with Crippen molar-refractivity contribution in [3.05, 3.63) is 89.5 Å². The predicted octanol–water partition coefficient (Wildman–Crippen LogP) is 5.21. The number of carbonyl (C=O) groups excluding carboxylic acids is 3. The van der Waals surface area contributed by atoms with Gasteiger partial charge in [-0.3, -0.25) is 14.4 Å². The molecule has 0 bridgehead atoms. The molecule has 33 heavy (non-hydrogen) atoms. The smallest absolute Gasteiger partial charge is 0.308 e. The minimum Gasteiger partial charge on any atom is -0.427 e. The zero-order chi connectivity index (χ0) is 24.0. The van der Waals surface area contributed by atoms with E-state index in [2.05, 4.69) is 6.92 Å². The first-order valence-corrected chi connectivity index (χ1v) is 10.6. The molecule has 0 unspecified atom stereocenters. The van der Waals surface area contributed by atoms with Crippen LogP contribution in [0.15, 0.2) is 72.8 Å². The number of ether oxygens (including phenoxy) is 3. The fourth-order valence-corrected chi connectivity index (χ4v) is 4.03. The fourth-order valence-electron chi connectivity index (χ4n) is 4.03. The van der Waals surface area contributed by atoms with Gasteiger partial charge in [0.2, 0.25) is 0 Å². The molecule has 0 atom stereocenters. The lowest BCUT2D eigenvalue weighted by Gasteiger charge is -2.35. The highest BCUT2D eigenvalue weighted by Gasteiger charge is 2.35. The third kappa shape index (κ3) is 5.47. The van der Waals surface area contributed by atoms with Crippen LogP contribution in [-0.2, 0) is 19.8 Å². The molecule has 0 aliphatic heterocycles. The second-order valence-corrected chi connectivity index (χ2v) is 7.61. The highest BCUT2D eigenvalue weighted by molar-refractivity contribution is 5.70. The van der Waals surface area contributed by atoms with Gasteiger partial charge in [0, 0.05) is 26.2 Å². The maximum atomic E-state index is 11.3. The van der Waals surface area contributed by atoms with Crippen molar-refractivity contribution in [2.24, 2.45) is 0 Å². The summed E-state index contributed by atoms with van der Waals surface area (Å²) in [5, 5.41) is 0. The number of rotatable bonds is 7. The van der Waals surface area contributed by atoms with E-state index in [1.165, 1.54) is 20.8 Å². The maximum Gasteiger partial charge on any atom is 0.308 e. The Bertz CT molecular complexity index is 985. The molecule has 0 aliphatic rings. The third-order valence-corrected chi connectivity index (χ3v) is 5.36. The summed E-state index contributed by atoms with van der Waals surface area (Å²) in [7, 11) is 0. The van der Waals surface area contributed by atoms with E-state index in [1.807, 2.05) is 36.4 Å². The van der Waals surface area contributed by atoms with E-state index in [0.29, 0.717) is 23.7 Å².